The van der Waals surface area contributed by atoms with E-state index >= 15 is 0 Å². The highest BCUT2D eigenvalue weighted by Gasteiger charge is 2.40. The zero-order valence-corrected chi connectivity index (χ0v) is 14.7. The Hall–Kier alpha value is -2.12. The number of aryl methyl sites for hydroxylation is 1. The second-order valence-corrected chi connectivity index (χ2v) is 7.90. The lowest BCUT2D eigenvalue weighted by Gasteiger charge is -2.40. The monoisotopic (exact) mass is 327 g/mol. The third-order valence-corrected chi connectivity index (χ3v) is 6.49. The third kappa shape index (κ3) is 2.67. The van der Waals surface area contributed by atoms with E-state index in [2.05, 4.69) is 71.6 Å². The number of benzene rings is 3. The van der Waals surface area contributed by atoms with Crippen LogP contribution in [0.15, 0.2) is 66.7 Å². The van der Waals surface area contributed by atoms with Gasteiger partial charge in [-0.05, 0) is 77.7 Å². The topological polar surface area (TPSA) is 3.24 Å². The summed E-state index contributed by atoms with van der Waals surface area (Å²) in [6.07, 6.45) is 5.27. The Kier molecular flexibility index (Phi) is 3.64. The molecular weight excluding hydrogens is 302 g/mol. The summed E-state index contributed by atoms with van der Waals surface area (Å²) in [4.78, 5) is 2.65. The van der Waals surface area contributed by atoms with Gasteiger partial charge in [0.25, 0.3) is 0 Å². The van der Waals surface area contributed by atoms with E-state index in [1.807, 2.05) is 0 Å². The highest BCUT2D eigenvalue weighted by molar-refractivity contribution is 5.82. The van der Waals surface area contributed by atoms with Crippen molar-refractivity contribution in [3.8, 4) is 0 Å². The molecule has 0 bridgehead atoms. The Morgan fingerprint density at radius 3 is 2.40 bits per heavy atom. The fraction of sp³-hybridized carbons (Fsp3) is 0.333. The van der Waals surface area contributed by atoms with Gasteiger partial charge in [0.15, 0.2) is 0 Å². The maximum Gasteiger partial charge on any atom is 0.0233 e. The summed E-state index contributed by atoms with van der Waals surface area (Å²) in [6.45, 7) is 3.53. The van der Waals surface area contributed by atoms with Crippen molar-refractivity contribution in [2.75, 3.05) is 13.1 Å². The van der Waals surface area contributed by atoms with Crippen molar-refractivity contribution in [3.63, 3.8) is 0 Å². The predicted octanol–water partition coefficient (Wildman–Crippen LogP) is 5.32. The summed E-state index contributed by atoms with van der Waals surface area (Å²) < 4.78 is 0. The maximum atomic E-state index is 2.65. The van der Waals surface area contributed by atoms with Crippen LogP contribution in [0, 0.1) is 0 Å². The Labute approximate surface area is 150 Å². The van der Waals surface area contributed by atoms with Gasteiger partial charge in [0, 0.05) is 6.54 Å². The van der Waals surface area contributed by atoms with Crippen molar-refractivity contribution in [1.29, 1.82) is 0 Å². The lowest BCUT2D eigenvalue weighted by molar-refractivity contribution is 0.152. The van der Waals surface area contributed by atoms with Crippen molar-refractivity contribution in [2.24, 2.45) is 0 Å². The second-order valence-electron chi connectivity index (χ2n) is 7.90. The predicted molar refractivity (Wildman–Crippen MR) is 105 cm³/mol. The number of fused-ring (bicyclic) bond motifs is 3. The first kappa shape index (κ1) is 15.2. The van der Waals surface area contributed by atoms with Crippen LogP contribution in [0.3, 0.4) is 0 Å². The minimum atomic E-state index is 0.469. The SMILES string of the molecule is c1ccc2c(c1)CCC21CCN(Cc2ccc3ccccc3c2)CC1. The minimum absolute atomic E-state index is 0.469. The average molecular weight is 327 g/mol. The zero-order valence-electron chi connectivity index (χ0n) is 14.7. The molecule has 25 heavy (non-hydrogen) atoms. The van der Waals surface area contributed by atoms with Crippen LogP contribution in [0.2, 0.25) is 0 Å². The molecule has 1 aliphatic carbocycles. The summed E-state index contributed by atoms with van der Waals surface area (Å²) in [5, 5.41) is 2.70. The molecule has 0 amide bonds. The van der Waals surface area contributed by atoms with Gasteiger partial charge in [0.05, 0.1) is 0 Å². The van der Waals surface area contributed by atoms with Crippen molar-refractivity contribution in [3.05, 3.63) is 83.4 Å². The maximum absolute atomic E-state index is 2.65. The summed E-state index contributed by atoms with van der Waals surface area (Å²) in [5.74, 6) is 0. The van der Waals surface area contributed by atoms with Crippen LogP contribution in [-0.4, -0.2) is 18.0 Å². The molecule has 3 aromatic carbocycles. The van der Waals surface area contributed by atoms with Crippen LogP contribution in [-0.2, 0) is 18.4 Å². The molecule has 0 atom stereocenters. The Bertz CT molecular complexity index is 903. The molecule has 2 aliphatic rings. The van der Waals surface area contributed by atoms with E-state index in [-0.39, 0.29) is 0 Å². The molecular formula is C24H25N. The molecule has 1 nitrogen and oxygen atoms in total. The largest absolute Gasteiger partial charge is 0.299 e. The van der Waals surface area contributed by atoms with E-state index in [1.165, 1.54) is 55.1 Å². The standard InChI is InChI=1S/C24H25N/c1-2-7-22-17-19(9-10-20(22)5-1)18-25-15-13-24(14-16-25)12-11-21-6-3-4-8-23(21)24/h1-10,17H,11-16,18H2. The summed E-state index contributed by atoms with van der Waals surface area (Å²) in [5.41, 5.74) is 5.17. The quantitative estimate of drug-likeness (QED) is 0.616. The number of piperidine rings is 1. The van der Waals surface area contributed by atoms with Gasteiger partial charge in [-0.15, -0.1) is 0 Å². The van der Waals surface area contributed by atoms with Crippen LogP contribution in [0.25, 0.3) is 10.8 Å². The third-order valence-electron chi connectivity index (χ3n) is 6.49. The van der Waals surface area contributed by atoms with Gasteiger partial charge in [-0.25, -0.2) is 0 Å². The van der Waals surface area contributed by atoms with Gasteiger partial charge in [-0.3, -0.25) is 4.90 Å². The number of likely N-dealkylation sites (tertiary alicyclic amines) is 1. The molecule has 3 aromatic rings. The Morgan fingerprint density at radius 1 is 0.760 bits per heavy atom. The molecule has 5 rings (SSSR count). The summed E-state index contributed by atoms with van der Waals surface area (Å²) in [6, 6.07) is 24.8. The lowest BCUT2D eigenvalue weighted by Crippen LogP contribution is -2.41. The molecule has 0 aromatic heterocycles. The highest BCUT2D eigenvalue weighted by atomic mass is 15.1. The molecule has 1 heterocycles. The normalized spacial score (nSPS) is 19.4. The first-order chi connectivity index (χ1) is 12.3. The lowest BCUT2D eigenvalue weighted by atomic mass is 9.74. The summed E-state index contributed by atoms with van der Waals surface area (Å²) >= 11 is 0. The molecule has 0 saturated carbocycles. The van der Waals surface area contributed by atoms with E-state index in [0.29, 0.717) is 5.41 Å². The van der Waals surface area contributed by atoms with Gasteiger partial charge in [0.1, 0.15) is 0 Å². The highest BCUT2D eigenvalue weighted by Crippen LogP contribution is 2.46. The van der Waals surface area contributed by atoms with Crippen LogP contribution >= 0.6 is 0 Å². The number of rotatable bonds is 2. The van der Waals surface area contributed by atoms with E-state index in [4.69, 9.17) is 0 Å². The first-order valence-electron chi connectivity index (χ1n) is 9.61. The number of hydrogen-bond acceptors (Lipinski definition) is 1. The fourth-order valence-corrected chi connectivity index (χ4v) is 5.02. The number of nitrogens with zero attached hydrogens (tertiary/aromatic N) is 1. The van der Waals surface area contributed by atoms with Crippen molar-refractivity contribution >= 4 is 10.8 Å². The second kappa shape index (κ2) is 6.00. The van der Waals surface area contributed by atoms with E-state index in [1.54, 1.807) is 11.1 Å². The Morgan fingerprint density at radius 2 is 1.52 bits per heavy atom. The van der Waals surface area contributed by atoms with Crippen LogP contribution in [0.5, 0.6) is 0 Å². The van der Waals surface area contributed by atoms with Crippen molar-refractivity contribution < 1.29 is 0 Å². The molecule has 1 spiro atoms. The molecule has 126 valence electrons. The smallest absolute Gasteiger partial charge is 0.0233 e. The van der Waals surface area contributed by atoms with E-state index in [0.717, 1.165) is 6.54 Å². The zero-order chi connectivity index (χ0) is 16.7. The molecule has 1 fully saturated rings. The molecule has 1 saturated heterocycles. The summed E-state index contributed by atoms with van der Waals surface area (Å²) in [7, 11) is 0. The van der Waals surface area contributed by atoms with Crippen molar-refractivity contribution in [1.82, 2.24) is 4.90 Å². The van der Waals surface area contributed by atoms with Gasteiger partial charge >= 0.3 is 0 Å². The number of hydrogen-bond donors (Lipinski definition) is 0. The molecule has 0 N–H and O–H groups in total. The molecule has 0 radical (unpaired) electrons. The van der Waals surface area contributed by atoms with E-state index in [9.17, 15) is 0 Å². The van der Waals surface area contributed by atoms with Crippen LogP contribution in [0.4, 0.5) is 0 Å². The van der Waals surface area contributed by atoms with Gasteiger partial charge < -0.3 is 0 Å². The van der Waals surface area contributed by atoms with E-state index < -0.39 is 0 Å². The van der Waals surface area contributed by atoms with Crippen molar-refractivity contribution in [2.45, 2.75) is 37.6 Å². The Balaban J connectivity index is 1.30. The first-order valence-corrected chi connectivity index (χ1v) is 9.61. The molecule has 0 unspecified atom stereocenters. The van der Waals surface area contributed by atoms with Gasteiger partial charge in [0.2, 0.25) is 0 Å². The molecule has 1 heteroatoms. The molecule has 1 aliphatic heterocycles. The fourth-order valence-electron chi connectivity index (χ4n) is 5.02. The van der Waals surface area contributed by atoms with Crippen LogP contribution < -0.4 is 0 Å². The minimum Gasteiger partial charge on any atom is -0.299 e. The van der Waals surface area contributed by atoms with Crippen LogP contribution in [0.1, 0.15) is 36.0 Å². The van der Waals surface area contributed by atoms with Gasteiger partial charge in [-0.2, -0.15) is 0 Å². The van der Waals surface area contributed by atoms with Gasteiger partial charge in [-0.1, -0.05) is 60.7 Å². The average Bonchev–Trinajstić information content (AvgIpc) is 3.02.